The third-order valence-corrected chi connectivity index (χ3v) is 9.44. The molecule has 3 saturated carbocycles. The third-order valence-electron chi connectivity index (χ3n) is 9.44. The van der Waals surface area contributed by atoms with Crippen LogP contribution in [0.1, 0.15) is 73.6 Å². The number of hydrogen-bond acceptors (Lipinski definition) is 7. The molecule has 4 aliphatic rings. The molecule has 0 radical (unpaired) electrons. The Labute approximate surface area is 195 Å². The zero-order chi connectivity index (χ0) is 24.4. The van der Waals surface area contributed by atoms with Crippen molar-refractivity contribution in [2.45, 2.75) is 85.9 Å². The zero-order valence-corrected chi connectivity index (χ0v) is 20.6. The van der Waals surface area contributed by atoms with Crippen LogP contribution in [0.5, 0.6) is 0 Å². The van der Waals surface area contributed by atoms with Crippen molar-refractivity contribution in [3.05, 3.63) is 12.2 Å². The second kappa shape index (κ2) is 7.67. The number of Topliss-reactive ketones (excluding diaryl/α,β-unsaturated/α-hetero) is 1. The van der Waals surface area contributed by atoms with Crippen molar-refractivity contribution in [1.82, 2.24) is 0 Å². The van der Waals surface area contributed by atoms with E-state index in [1.807, 2.05) is 13.0 Å². The van der Waals surface area contributed by atoms with E-state index in [-0.39, 0.29) is 53.4 Å². The number of esters is 3. The molecule has 33 heavy (non-hydrogen) atoms. The summed E-state index contributed by atoms with van der Waals surface area (Å²) in [5, 5.41) is 0. The number of ketones is 1. The summed E-state index contributed by atoms with van der Waals surface area (Å²) >= 11 is 0. The van der Waals surface area contributed by atoms with Gasteiger partial charge in [0, 0.05) is 38.0 Å². The maximum atomic E-state index is 14.0. The molecule has 7 nitrogen and oxygen atoms in total. The highest BCUT2D eigenvalue weighted by molar-refractivity contribution is 5.91. The minimum Gasteiger partial charge on any atom is -0.465 e. The Balaban J connectivity index is 1.78. The van der Waals surface area contributed by atoms with Gasteiger partial charge in [-0.3, -0.25) is 19.2 Å². The number of hydrogen-bond donors (Lipinski definition) is 0. The molecule has 1 spiro atoms. The van der Waals surface area contributed by atoms with Crippen molar-refractivity contribution in [3.63, 3.8) is 0 Å². The summed E-state index contributed by atoms with van der Waals surface area (Å²) in [6, 6.07) is 0. The largest absolute Gasteiger partial charge is 0.465 e. The second-order valence-corrected chi connectivity index (χ2v) is 11.5. The molecule has 0 saturated heterocycles. The molecule has 0 aromatic heterocycles. The van der Waals surface area contributed by atoms with Gasteiger partial charge in [0.05, 0.1) is 5.41 Å². The van der Waals surface area contributed by atoms with E-state index < -0.39 is 29.0 Å². The number of carbonyl (C=O) groups is 4. The van der Waals surface area contributed by atoms with E-state index in [2.05, 4.69) is 19.9 Å². The van der Waals surface area contributed by atoms with Gasteiger partial charge in [-0.25, -0.2) is 0 Å². The van der Waals surface area contributed by atoms with Crippen LogP contribution in [-0.2, 0) is 33.4 Å². The lowest BCUT2D eigenvalue weighted by Gasteiger charge is -2.65. The van der Waals surface area contributed by atoms with Crippen LogP contribution in [0.4, 0.5) is 0 Å². The summed E-state index contributed by atoms with van der Waals surface area (Å²) in [5.74, 6) is -1.22. The van der Waals surface area contributed by atoms with Gasteiger partial charge in [-0.1, -0.05) is 32.9 Å². The van der Waals surface area contributed by atoms with Gasteiger partial charge in [-0.15, -0.1) is 0 Å². The highest BCUT2D eigenvalue weighted by Crippen LogP contribution is 2.71. The second-order valence-electron chi connectivity index (χ2n) is 11.5. The molecule has 182 valence electrons. The van der Waals surface area contributed by atoms with Crippen molar-refractivity contribution in [1.29, 1.82) is 0 Å². The van der Waals surface area contributed by atoms with Crippen LogP contribution in [0.15, 0.2) is 12.2 Å². The molecule has 4 aliphatic carbocycles. The molecule has 8 atom stereocenters. The lowest BCUT2D eigenvalue weighted by atomic mass is 9.39. The first-order valence-electron chi connectivity index (χ1n) is 12.0. The SMILES string of the molecule is CC(=O)OC[C@]1(C)[C@H]2CC(=O)[C@@]34C=C[C@@](C)(CC[C@H]3[C@]2(C)CC[C@H]1OC(C)=O)[C@@H]4OC(C)=O. The summed E-state index contributed by atoms with van der Waals surface area (Å²) in [4.78, 5) is 49.7. The smallest absolute Gasteiger partial charge is 0.302 e. The molecular weight excluding hydrogens is 424 g/mol. The summed E-state index contributed by atoms with van der Waals surface area (Å²) in [5.41, 5.74) is -2.15. The topological polar surface area (TPSA) is 96.0 Å². The summed E-state index contributed by atoms with van der Waals surface area (Å²) in [7, 11) is 0. The van der Waals surface area contributed by atoms with Gasteiger partial charge < -0.3 is 14.2 Å². The van der Waals surface area contributed by atoms with E-state index in [4.69, 9.17) is 14.2 Å². The summed E-state index contributed by atoms with van der Waals surface area (Å²) in [6.45, 7) is 10.5. The van der Waals surface area contributed by atoms with E-state index in [9.17, 15) is 19.2 Å². The molecule has 0 N–H and O–H groups in total. The molecule has 3 fully saturated rings. The van der Waals surface area contributed by atoms with Gasteiger partial charge in [0.15, 0.2) is 0 Å². The Morgan fingerprint density at radius 3 is 2.18 bits per heavy atom. The van der Waals surface area contributed by atoms with Gasteiger partial charge >= 0.3 is 17.9 Å². The molecule has 0 aliphatic heterocycles. The number of fused-ring (bicyclic) bond motifs is 3. The Kier molecular flexibility index (Phi) is 5.57. The molecule has 7 heteroatoms. The molecular formula is C26H36O7. The van der Waals surface area contributed by atoms with E-state index in [1.54, 1.807) is 0 Å². The molecule has 0 aromatic rings. The van der Waals surface area contributed by atoms with Crippen molar-refractivity contribution in [2.24, 2.45) is 33.5 Å². The van der Waals surface area contributed by atoms with Crippen LogP contribution in [0.3, 0.4) is 0 Å². The highest BCUT2D eigenvalue weighted by Gasteiger charge is 2.73. The fraction of sp³-hybridized carbons (Fsp3) is 0.769. The number of rotatable bonds is 4. The molecule has 0 unspecified atom stereocenters. The molecule has 2 bridgehead atoms. The van der Waals surface area contributed by atoms with E-state index in [0.717, 1.165) is 19.3 Å². The fourth-order valence-electron chi connectivity index (χ4n) is 7.98. The monoisotopic (exact) mass is 460 g/mol. The van der Waals surface area contributed by atoms with E-state index in [1.165, 1.54) is 20.8 Å². The maximum Gasteiger partial charge on any atom is 0.302 e. The Morgan fingerprint density at radius 1 is 0.909 bits per heavy atom. The predicted molar refractivity (Wildman–Crippen MR) is 119 cm³/mol. The standard InChI is InChI=1S/C26H36O7/c1-15(27)31-14-25(6)19-13-20(30)26-12-11-23(4,22(26)33-17(3)29)9-7-18(26)24(19,5)10-8-21(25)32-16(2)28/h11-12,18-19,21-22H,7-10,13-14H2,1-6H3/t18-,19-,21+,22-,23+,24-,25+,26+/m0/s1. The van der Waals surface area contributed by atoms with Crippen molar-refractivity contribution >= 4 is 23.7 Å². The van der Waals surface area contributed by atoms with Crippen LogP contribution in [-0.4, -0.2) is 42.5 Å². The van der Waals surface area contributed by atoms with Gasteiger partial charge in [0.25, 0.3) is 0 Å². The Bertz CT molecular complexity index is 924. The van der Waals surface area contributed by atoms with Crippen LogP contribution in [0, 0.1) is 33.5 Å². The minimum atomic E-state index is -0.833. The maximum absolute atomic E-state index is 14.0. The quantitative estimate of drug-likeness (QED) is 0.358. The van der Waals surface area contributed by atoms with Crippen LogP contribution < -0.4 is 0 Å². The van der Waals surface area contributed by atoms with Gasteiger partial charge in [-0.2, -0.15) is 0 Å². The van der Waals surface area contributed by atoms with E-state index >= 15 is 0 Å². The minimum absolute atomic E-state index is 0.0117. The first kappa shape index (κ1) is 24.0. The van der Waals surface area contributed by atoms with Gasteiger partial charge in [0.2, 0.25) is 0 Å². The van der Waals surface area contributed by atoms with Crippen molar-refractivity contribution in [2.75, 3.05) is 6.61 Å². The van der Waals surface area contributed by atoms with Gasteiger partial charge in [-0.05, 0) is 42.9 Å². The average molecular weight is 461 g/mol. The van der Waals surface area contributed by atoms with Crippen molar-refractivity contribution in [3.8, 4) is 0 Å². The zero-order valence-electron chi connectivity index (χ0n) is 20.6. The lowest BCUT2D eigenvalue weighted by Crippen LogP contribution is -2.68. The van der Waals surface area contributed by atoms with Gasteiger partial charge in [0.1, 0.15) is 24.6 Å². The fourth-order valence-corrected chi connectivity index (χ4v) is 7.98. The summed E-state index contributed by atoms with van der Waals surface area (Å²) < 4.78 is 17.1. The number of carbonyl (C=O) groups excluding carboxylic acids is 4. The normalized spacial score (nSPS) is 45.6. The predicted octanol–water partition coefficient (Wildman–Crippen LogP) is 3.78. The Morgan fingerprint density at radius 2 is 1.58 bits per heavy atom. The van der Waals surface area contributed by atoms with Crippen molar-refractivity contribution < 1.29 is 33.4 Å². The highest BCUT2D eigenvalue weighted by atomic mass is 16.6. The Hall–Kier alpha value is -2.18. The average Bonchev–Trinajstić information content (AvgIpc) is 2.87. The van der Waals surface area contributed by atoms with Crippen LogP contribution in [0.2, 0.25) is 0 Å². The first-order chi connectivity index (χ1) is 15.3. The van der Waals surface area contributed by atoms with E-state index in [0.29, 0.717) is 6.42 Å². The van der Waals surface area contributed by atoms with Crippen LogP contribution >= 0.6 is 0 Å². The first-order valence-corrected chi connectivity index (χ1v) is 12.0. The molecule has 0 amide bonds. The van der Waals surface area contributed by atoms with Crippen LogP contribution in [0.25, 0.3) is 0 Å². The molecule has 4 rings (SSSR count). The lowest BCUT2D eigenvalue weighted by molar-refractivity contribution is -0.225. The molecule has 0 heterocycles. The summed E-state index contributed by atoms with van der Waals surface area (Å²) in [6.07, 6.45) is 6.53. The molecule has 0 aromatic carbocycles. The third kappa shape index (κ3) is 3.36. The number of ether oxygens (including phenoxy) is 3.